The van der Waals surface area contributed by atoms with Crippen molar-refractivity contribution in [1.29, 1.82) is 0 Å². The van der Waals surface area contributed by atoms with E-state index in [0.29, 0.717) is 30.9 Å². The number of aromatic nitrogens is 4. The van der Waals surface area contributed by atoms with Crippen LogP contribution in [0.4, 0.5) is 0 Å². The zero-order valence-corrected chi connectivity index (χ0v) is 28.7. The first-order valence-electron chi connectivity index (χ1n) is 16.9. The molecule has 1 fully saturated rings. The van der Waals surface area contributed by atoms with Gasteiger partial charge in [-0.15, -0.1) is 0 Å². The Balaban J connectivity index is 1.16. The number of sulfonamides is 1. The van der Waals surface area contributed by atoms with Crippen LogP contribution in [0.1, 0.15) is 65.2 Å². The van der Waals surface area contributed by atoms with Gasteiger partial charge < -0.3 is 15.2 Å². The number of fused-ring (bicyclic) bond motifs is 2. The summed E-state index contributed by atoms with van der Waals surface area (Å²) in [5.74, 6) is 0.527. The largest absolute Gasteiger partial charge is 0.342 e. The van der Waals surface area contributed by atoms with Gasteiger partial charge in [0.15, 0.2) is 0 Å². The van der Waals surface area contributed by atoms with Crippen molar-refractivity contribution in [1.82, 2.24) is 34.3 Å². The molecule has 1 amide bonds. The molecule has 0 radical (unpaired) electrons. The molecule has 10 nitrogen and oxygen atoms in total. The third-order valence-corrected chi connectivity index (χ3v) is 11.0. The Hall–Kier alpha value is -4.32. The minimum absolute atomic E-state index is 0.179. The summed E-state index contributed by atoms with van der Waals surface area (Å²) in [7, 11) is -3.34. The highest BCUT2D eigenvalue weighted by Gasteiger charge is 2.30. The average Bonchev–Trinajstić information content (AvgIpc) is 3.84. The minimum atomic E-state index is -3.34. The molecular weight excluding hydrogens is 623 g/mol. The Kier molecular flexibility index (Phi) is 8.93. The predicted molar refractivity (Wildman–Crippen MR) is 189 cm³/mol. The van der Waals surface area contributed by atoms with Gasteiger partial charge in [0.25, 0.3) is 5.91 Å². The van der Waals surface area contributed by atoms with E-state index in [4.69, 9.17) is 5.10 Å². The van der Waals surface area contributed by atoms with Crippen LogP contribution < -0.4 is 5.32 Å². The molecule has 2 aromatic heterocycles. The summed E-state index contributed by atoms with van der Waals surface area (Å²) < 4.78 is 28.8. The number of H-pyrrole nitrogens is 1. The van der Waals surface area contributed by atoms with Gasteiger partial charge in [-0.3, -0.25) is 9.48 Å². The summed E-state index contributed by atoms with van der Waals surface area (Å²) in [5, 5.41) is 8.22. The second-order valence-electron chi connectivity index (χ2n) is 13.2. The van der Waals surface area contributed by atoms with Crippen LogP contribution in [0.25, 0.3) is 33.4 Å². The van der Waals surface area contributed by atoms with Crippen LogP contribution in [0.5, 0.6) is 0 Å². The molecule has 250 valence electrons. The molecule has 1 unspecified atom stereocenters. The number of hydrogen-bond donors (Lipinski definition) is 2. The quantitative estimate of drug-likeness (QED) is 0.198. The Morgan fingerprint density at radius 1 is 0.979 bits per heavy atom. The van der Waals surface area contributed by atoms with Gasteiger partial charge in [-0.25, -0.2) is 13.4 Å². The van der Waals surface area contributed by atoms with E-state index < -0.39 is 10.0 Å². The van der Waals surface area contributed by atoms with Gasteiger partial charge in [-0.1, -0.05) is 36.4 Å². The first-order chi connectivity index (χ1) is 23.1. The fourth-order valence-electron chi connectivity index (χ4n) is 7.05. The normalized spacial score (nSPS) is 16.3. The lowest BCUT2D eigenvalue weighted by Crippen LogP contribution is -2.35. The average molecular weight is 666 g/mol. The molecule has 0 aliphatic carbocycles. The monoisotopic (exact) mass is 665 g/mol. The molecule has 0 bridgehead atoms. The number of aromatic amines is 1. The lowest BCUT2D eigenvalue weighted by molar-refractivity contribution is 0.0938. The van der Waals surface area contributed by atoms with Crippen molar-refractivity contribution in [3.63, 3.8) is 0 Å². The highest BCUT2D eigenvalue weighted by atomic mass is 32.2. The lowest BCUT2D eigenvalue weighted by Gasteiger charge is -2.26. The number of amides is 1. The molecule has 2 aliphatic rings. The van der Waals surface area contributed by atoms with Crippen molar-refractivity contribution in [3.8, 4) is 22.4 Å². The van der Waals surface area contributed by atoms with Crippen molar-refractivity contribution >= 4 is 27.0 Å². The Morgan fingerprint density at radius 2 is 1.79 bits per heavy atom. The zero-order chi connectivity index (χ0) is 33.4. The molecule has 4 heterocycles. The molecule has 0 spiro atoms. The second-order valence-corrected chi connectivity index (χ2v) is 15.2. The van der Waals surface area contributed by atoms with Crippen molar-refractivity contribution in [2.24, 2.45) is 0 Å². The van der Waals surface area contributed by atoms with E-state index in [9.17, 15) is 13.2 Å². The van der Waals surface area contributed by atoms with Crippen LogP contribution in [0.3, 0.4) is 0 Å². The predicted octanol–water partition coefficient (Wildman–Crippen LogP) is 5.70. The summed E-state index contributed by atoms with van der Waals surface area (Å²) >= 11 is 0. The highest BCUT2D eigenvalue weighted by molar-refractivity contribution is 7.88. The maximum atomic E-state index is 13.4. The Morgan fingerprint density at radius 3 is 2.58 bits per heavy atom. The second kappa shape index (κ2) is 13.3. The summed E-state index contributed by atoms with van der Waals surface area (Å²) in [5.41, 5.74) is 9.23. The van der Waals surface area contributed by atoms with Crippen LogP contribution in [0.2, 0.25) is 0 Å². The van der Waals surface area contributed by atoms with Gasteiger partial charge in [-0.2, -0.15) is 9.40 Å². The highest BCUT2D eigenvalue weighted by Crippen LogP contribution is 2.35. The first kappa shape index (κ1) is 32.2. The van der Waals surface area contributed by atoms with Gasteiger partial charge in [0.05, 0.1) is 29.0 Å². The molecule has 1 atom stereocenters. The lowest BCUT2D eigenvalue weighted by atomic mass is 9.94. The van der Waals surface area contributed by atoms with Gasteiger partial charge in [0.1, 0.15) is 5.82 Å². The summed E-state index contributed by atoms with van der Waals surface area (Å²) in [6.07, 6.45) is 5.47. The number of aryl methyl sites for hydroxylation is 2. The number of carbonyl (C=O) groups is 1. The molecular formula is C37H43N7O3S. The summed E-state index contributed by atoms with van der Waals surface area (Å²) in [6.45, 7) is 8.96. The fourth-order valence-corrected chi connectivity index (χ4v) is 7.84. The molecule has 2 aliphatic heterocycles. The maximum absolute atomic E-state index is 13.4. The molecule has 1 saturated heterocycles. The SMILES string of the molecule is Cc1ccc(-c2nn(CCCN3CCCC3)c3c2CN(S(C)(=O)=O)CC3)cc1-c1cccc(C(=O)NC(C)c2nc3ccccc3[nH]2)c1. The topological polar surface area (TPSA) is 116 Å². The molecule has 7 rings (SSSR count). The van der Waals surface area contributed by atoms with Crippen molar-refractivity contribution in [2.75, 3.05) is 32.4 Å². The molecule has 48 heavy (non-hydrogen) atoms. The van der Waals surface area contributed by atoms with Crippen molar-refractivity contribution in [3.05, 3.63) is 94.9 Å². The number of carbonyl (C=O) groups excluding carboxylic acids is 1. The Bertz CT molecular complexity index is 2040. The summed E-state index contributed by atoms with van der Waals surface area (Å²) in [4.78, 5) is 23.9. The van der Waals surface area contributed by atoms with Gasteiger partial charge in [0.2, 0.25) is 10.0 Å². The molecule has 11 heteroatoms. The third-order valence-electron chi connectivity index (χ3n) is 9.72. The number of hydrogen-bond acceptors (Lipinski definition) is 6. The molecule has 0 saturated carbocycles. The van der Waals surface area contributed by atoms with Crippen LogP contribution >= 0.6 is 0 Å². The van der Waals surface area contributed by atoms with Gasteiger partial charge in [0, 0.05) is 48.4 Å². The number of imidazole rings is 1. The zero-order valence-electron chi connectivity index (χ0n) is 27.9. The van der Waals surface area contributed by atoms with E-state index in [-0.39, 0.29) is 11.9 Å². The summed E-state index contributed by atoms with van der Waals surface area (Å²) in [6, 6.07) is 21.5. The Labute approximate surface area is 282 Å². The standard InChI is InChI=1S/C37H43N7O3S/c1-25-14-15-28(35-31-24-43(48(3,46)47)21-16-34(31)44(41-35)20-9-19-42-17-6-7-18-42)23-30(25)27-10-8-11-29(22-27)37(45)38-26(2)36-39-32-12-4-5-13-33(32)40-36/h4-5,8,10-15,22-23,26H,6-7,9,16-21,24H2,1-3H3,(H,38,45)(H,39,40). The van der Waals surface area contributed by atoms with Gasteiger partial charge >= 0.3 is 0 Å². The molecule has 3 aromatic carbocycles. The van der Waals surface area contributed by atoms with E-state index in [0.717, 1.165) is 69.7 Å². The number of rotatable bonds is 10. The van der Waals surface area contributed by atoms with E-state index >= 15 is 0 Å². The third kappa shape index (κ3) is 6.67. The van der Waals surface area contributed by atoms with Crippen LogP contribution in [-0.4, -0.2) is 75.7 Å². The van der Waals surface area contributed by atoms with Crippen LogP contribution in [-0.2, 0) is 29.5 Å². The van der Waals surface area contributed by atoms with E-state index in [1.165, 1.54) is 32.2 Å². The van der Waals surface area contributed by atoms with E-state index in [2.05, 4.69) is 50.0 Å². The number of nitrogens with one attached hydrogen (secondary N) is 2. The molecule has 2 N–H and O–H groups in total. The maximum Gasteiger partial charge on any atom is 0.251 e. The van der Waals surface area contributed by atoms with Crippen molar-refractivity contribution < 1.29 is 13.2 Å². The van der Waals surface area contributed by atoms with Crippen LogP contribution in [0, 0.1) is 6.92 Å². The van der Waals surface area contributed by atoms with Crippen molar-refractivity contribution in [2.45, 2.75) is 58.7 Å². The van der Waals surface area contributed by atoms with Crippen LogP contribution in [0.15, 0.2) is 66.7 Å². The fraction of sp³-hybridized carbons (Fsp3) is 0.378. The first-order valence-corrected chi connectivity index (χ1v) is 18.7. The van der Waals surface area contributed by atoms with Gasteiger partial charge in [-0.05, 0) is 99.8 Å². The number of benzene rings is 3. The smallest absolute Gasteiger partial charge is 0.251 e. The number of nitrogens with zero attached hydrogens (tertiary/aromatic N) is 5. The van der Waals surface area contributed by atoms with E-state index in [1.54, 1.807) is 4.31 Å². The number of likely N-dealkylation sites (tertiary alicyclic amines) is 1. The minimum Gasteiger partial charge on any atom is -0.342 e. The number of para-hydroxylation sites is 2. The van der Waals surface area contributed by atoms with E-state index in [1.807, 2.05) is 55.5 Å². The molecule has 5 aromatic rings.